The molecule has 0 aromatic heterocycles. The fraction of sp³-hybridized carbons (Fsp3) is 1.00. The third-order valence-electron chi connectivity index (χ3n) is 0.846. The highest BCUT2D eigenvalue weighted by atomic mass is 16.5. The maximum absolute atomic E-state index is 5.01. The Labute approximate surface area is 52.0 Å². The molecule has 2 nitrogen and oxygen atoms in total. The average molecular weight is 113 g/mol. The van der Waals surface area contributed by atoms with Gasteiger partial charge in [0.25, 0.3) is 0 Å². The molecule has 3 heteroatoms. The topological polar surface area (TPSA) is 21.3 Å². The first kappa shape index (κ1) is 7.98. The van der Waals surface area contributed by atoms with Crippen molar-refractivity contribution in [1.82, 2.24) is 5.32 Å². The van der Waals surface area contributed by atoms with Crippen molar-refractivity contribution in [3.8, 4) is 0 Å². The zero-order valence-corrected chi connectivity index (χ0v) is 5.31. The third-order valence-corrected chi connectivity index (χ3v) is 0.846. The summed E-state index contributed by atoms with van der Waals surface area (Å²) < 4.78 is 5.01. The summed E-state index contributed by atoms with van der Waals surface area (Å²) in [5.74, 6) is 0. The fourth-order valence-corrected chi connectivity index (χ4v) is 0.516. The van der Waals surface area contributed by atoms with Gasteiger partial charge in [0.2, 0.25) is 0 Å². The van der Waals surface area contributed by atoms with Gasteiger partial charge in [0.15, 0.2) is 0 Å². The van der Waals surface area contributed by atoms with Gasteiger partial charge < -0.3 is 10.1 Å². The molecule has 0 aromatic rings. The highest BCUT2D eigenvalue weighted by Gasteiger charge is 1.92. The molecule has 0 unspecified atom stereocenters. The largest absolute Gasteiger partial charge is 0.379 e. The van der Waals surface area contributed by atoms with Gasteiger partial charge >= 0.3 is 0 Å². The van der Waals surface area contributed by atoms with Crippen molar-refractivity contribution in [1.29, 1.82) is 0 Å². The Morgan fingerprint density at radius 1 is 1.25 bits per heavy atom. The first-order valence-corrected chi connectivity index (χ1v) is 2.86. The van der Waals surface area contributed by atoms with E-state index < -0.39 is 0 Å². The molecule has 1 saturated heterocycles. The SMILES string of the molecule is C1COCCN1.[B]C. The summed E-state index contributed by atoms with van der Waals surface area (Å²) in [5, 5.41) is 3.16. The molecule has 1 fully saturated rings. The van der Waals surface area contributed by atoms with Crippen molar-refractivity contribution in [2.45, 2.75) is 6.82 Å². The van der Waals surface area contributed by atoms with Crippen LogP contribution in [0.25, 0.3) is 0 Å². The zero-order chi connectivity index (χ0) is 6.24. The molecule has 2 radical (unpaired) electrons. The molecule has 0 aliphatic carbocycles. The van der Waals surface area contributed by atoms with E-state index in [2.05, 4.69) is 13.2 Å². The van der Waals surface area contributed by atoms with Gasteiger partial charge in [-0.15, -0.1) is 0 Å². The van der Waals surface area contributed by atoms with Gasteiger partial charge in [-0.05, 0) is 0 Å². The van der Waals surface area contributed by atoms with E-state index in [1.54, 1.807) is 0 Å². The molecule has 1 N–H and O–H groups in total. The molecule has 0 bridgehead atoms. The molecule has 1 heterocycles. The number of hydrogen-bond donors (Lipinski definition) is 1. The van der Waals surface area contributed by atoms with Crippen LogP contribution in [-0.2, 0) is 4.74 Å². The third kappa shape index (κ3) is 4.15. The van der Waals surface area contributed by atoms with Crippen LogP contribution in [0.1, 0.15) is 0 Å². The number of hydrogen-bond acceptors (Lipinski definition) is 2. The van der Waals surface area contributed by atoms with E-state index >= 15 is 0 Å². The lowest BCUT2D eigenvalue weighted by molar-refractivity contribution is 0.109. The van der Waals surface area contributed by atoms with Crippen molar-refractivity contribution in [2.75, 3.05) is 26.3 Å². The second-order valence-electron chi connectivity index (χ2n) is 1.36. The number of ether oxygens (including phenoxy) is 1. The Hall–Kier alpha value is -0.0151. The predicted molar refractivity (Wildman–Crippen MR) is 35.3 cm³/mol. The van der Waals surface area contributed by atoms with E-state index in [0.717, 1.165) is 26.3 Å². The standard InChI is InChI=1S/C4H9NO.CH3B/c1-3-6-4-2-5-1;1-2/h5H,1-4H2;1H3. The molecule has 1 rings (SSSR count). The molecule has 1 aliphatic rings. The first-order valence-electron chi connectivity index (χ1n) is 2.86. The number of rotatable bonds is 0. The van der Waals surface area contributed by atoms with Crippen LogP contribution >= 0.6 is 0 Å². The van der Waals surface area contributed by atoms with Crippen LogP contribution in [0, 0.1) is 0 Å². The van der Waals surface area contributed by atoms with Crippen molar-refractivity contribution in [3.63, 3.8) is 0 Å². The van der Waals surface area contributed by atoms with Crippen LogP contribution in [0.15, 0.2) is 0 Å². The highest BCUT2D eigenvalue weighted by Crippen LogP contribution is 1.76. The molecule has 8 heavy (non-hydrogen) atoms. The minimum atomic E-state index is 0.889. The van der Waals surface area contributed by atoms with Gasteiger partial charge in [-0.1, -0.05) is 6.82 Å². The Balaban J connectivity index is 0.000000222. The predicted octanol–water partition coefficient (Wildman–Crippen LogP) is -0.191. The molecule has 0 spiro atoms. The van der Waals surface area contributed by atoms with Gasteiger partial charge in [-0.2, -0.15) is 0 Å². The number of morpholine rings is 1. The summed E-state index contributed by atoms with van der Waals surface area (Å²) in [5.41, 5.74) is 0. The Bertz CT molecular complexity index is 27.9. The van der Waals surface area contributed by atoms with Crippen molar-refractivity contribution >= 4 is 7.85 Å². The first-order chi connectivity index (χ1) is 4.00. The lowest BCUT2D eigenvalue weighted by Crippen LogP contribution is -2.30. The Morgan fingerprint density at radius 3 is 1.88 bits per heavy atom. The Morgan fingerprint density at radius 2 is 1.75 bits per heavy atom. The summed E-state index contributed by atoms with van der Waals surface area (Å²) in [6.45, 7) is 5.33. The maximum atomic E-state index is 5.01. The molecule has 0 saturated carbocycles. The maximum Gasteiger partial charge on any atom is 0.0606 e. The molecule has 1 aliphatic heterocycles. The van der Waals surface area contributed by atoms with Crippen molar-refractivity contribution < 1.29 is 4.74 Å². The van der Waals surface area contributed by atoms with Crippen molar-refractivity contribution in [3.05, 3.63) is 0 Å². The molecule has 0 atom stereocenters. The zero-order valence-electron chi connectivity index (χ0n) is 5.31. The normalized spacial score (nSPS) is 18.6. The van der Waals surface area contributed by atoms with Crippen LogP contribution in [0.5, 0.6) is 0 Å². The van der Waals surface area contributed by atoms with Gasteiger partial charge in [0.05, 0.1) is 21.1 Å². The molecular weight excluding hydrogens is 101 g/mol. The smallest absolute Gasteiger partial charge is 0.0606 e. The summed E-state index contributed by atoms with van der Waals surface area (Å²) in [4.78, 5) is 0. The van der Waals surface area contributed by atoms with E-state index in [0.29, 0.717) is 0 Å². The Kier molecular flexibility index (Phi) is 6.97. The highest BCUT2D eigenvalue weighted by molar-refractivity contribution is 6.05. The van der Waals surface area contributed by atoms with Crippen LogP contribution in [-0.4, -0.2) is 34.1 Å². The monoisotopic (exact) mass is 113 g/mol. The van der Waals surface area contributed by atoms with E-state index in [1.807, 2.05) is 0 Å². The minimum Gasteiger partial charge on any atom is -0.379 e. The minimum absolute atomic E-state index is 0.889. The van der Waals surface area contributed by atoms with E-state index in [4.69, 9.17) is 4.74 Å². The van der Waals surface area contributed by atoms with Gasteiger partial charge in [0, 0.05) is 13.1 Å². The van der Waals surface area contributed by atoms with Gasteiger partial charge in [-0.25, -0.2) is 0 Å². The molecule has 0 amide bonds. The van der Waals surface area contributed by atoms with E-state index in [-0.39, 0.29) is 0 Å². The summed E-state index contributed by atoms with van der Waals surface area (Å²) in [6.07, 6.45) is 0. The molecule has 0 aromatic carbocycles. The average Bonchev–Trinajstić information content (AvgIpc) is 1.96. The quantitative estimate of drug-likeness (QED) is 0.439. The molecule has 46 valence electrons. The van der Waals surface area contributed by atoms with E-state index in [1.165, 1.54) is 6.82 Å². The summed E-state index contributed by atoms with van der Waals surface area (Å²) in [6, 6.07) is 0. The van der Waals surface area contributed by atoms with Crippen LogP contribution in [0.3, 0.4) is 0 Å². The lowest BCUT2D eigenvalue weighted by Gasteiger charge is -2.10. The molecular formula is C5H12BNO. The van der Waals surface area contributed by atoms with Crippen LogP contribution in [0.2, 0.25) is 6.82 Å². The number of nitrogens with one attached hydrogen (secondary N) is 1. The van der Waals surface area contributed by atoms with Gasteiger partial charge in [-0.3, -0.25) is 0 Å². The second-order valence-corrected chi connectivity index (χ2v) is 1.36. The fourth-order valence-electron chi connectivity index (χ4n) is 0.516. The second kappa shape index (κ2) is 6.98. The van der Waals surface area contributed by atoms with Crippen LogP contribution < -0.4 is 5.32 Å². The summed E-state index contributed by atoms with van der Waals surface area (Å²) >= 11 is 0. The van der Waals surface area contributed by atoms with Crippen molar-refractivity contribution in [2.24, 2.45) is 0 Å². The van der Waals surface area contributed by atoms with E-state index in [9.17, 15) is 0 Å². The lowest BCUT2D eigenvalue weighted by atomic mass is 10.2. The van der Waals surface area contributed by atoms with Gasteiger partial charge in [0.1, 0.15) is 0 Å². The van der Waals surface area contributed by atoms with Crippen LogP contribution in [0.4, 0.5) is 0 Å². The summed E-state index contributed by atoms with van der Waals surface area (Å²) in [7, 11) is 4.50.